The zero-order valence-corrected chi connectivity index (χ0v) is 21.5. The quantitative estimate of drug-likeness (QED) is 0.399. The molecule has 0 saturated carbocycles. The number of carbonyl (C=O) groups is 2. The molecule has 3 aromatic rings. The fourth-order valence-corrected chi connectivity index (χ4v) is 4.31. The third kappa shape index (κ3) is 6.56. The molecular weight excluding hydrogens is 499 g/mol. The van der Waals surface area contributed by atoms with Crippen molar-refractivity contribution >= 4 is 38.5 Å². The first kappa shape index (κ1) is 25.7. The highest BCUT2D eigenvalue weighted by molar-refractivity contribution is 9.10. The molecule has 34 heavy (non-hydrogen) atoms. The molecule has 0 bridgehead atoms. The second kappa shape index (κ2) is 11.0. The molecule has 2 amide bonds. The lowest BCUT2D eigenvalue weighted by molar-refractivity contribution is -0.143. The molecular formula is C27H30BrFN2O3. The molecule has 0 saturated heterocycles. The summed E-state index contributed by atoms with van der Waals surface area (Å²) >= 11 is 3.58. The topological polar surface area (TPSA) is 58.6 Å². The molecule has 180 valence electrons. The number of benzene rings is 3. The van der Waals surface area contributed by atoms with Crippen LogP contribution in [-0.2, 0) is 16.1 Å². The molecule has 1 unspecified atom stereocenters. The summed E-state index contributed by atoms with van der Waals surface area (Å²) < 4.78 is 20.1. The number of ether oxygens (including phenoxy) is 1. The monoisotopic (exact) mass is 528 g/mol. The Balaban J connectivity index is 1.84. The lowest BCUT2D eigenvalue weighted by Gasteiger charge is -2.33. The molecule has 3 aromatic carbocycles. The molecule has 0 fully saturated rings. The van der Waals surface area contributed by atoms with Gasteiger partial charge in [-0.05, 0) is 77.7 Å². The van der Waals surface area contributed by atoms with Crippen LogP contribution in [0.4, 0.5) is 4.39 Å². The molecule has 3 rings (SSSR count). The lowest BCUT2D eigenvalue weighted by Crippen LogP contribution is -2.54. The largest absolute Gasteiger partial charge is 0.483 e. The maximum atomic E-state index is 13.4. The van der Waals surface area contributed by atoms with Crippen molar-refractivity contribution in [1.29, 1.82) is 0 Å². The first-order valence-electron chi connectivity index (χ1n) is 11.2. The number of amides is 2. The van der Waals surface area contributed by atoms with Crippen LogP contribution in [0.1, 0.15) is 39.7 Å². The summed E-state index contributed by atoms with van der Waals surface area (Å²) in [5.74, 6) is -0.387. The van der Waals surface area contributed by atoms with Gasteiger partial charge in [-0.15, -0.1) is 0 Å². The van der Waals surface area contributed by atoms with Crippen molar-refractivity contribution in [2.24, 2.45) is 0 Å². The van der Waals surface area contributed by atoms with Crippen LogP contribution in [-0.4, -0.2) is 34.9 Å². The predicted molar refractivity (Wildman–Crippen MR) is 136 cm³/mol. The van der Waals surface area contributed by atoms with Crippen LogP contribution >= 0.6 is 15.9 Å². The summed E-state index contributed by atoms with van der Waals surface area (Å²) in [4.78, 5) is 27.9. The molecule has 0 aliphatic heterocycles. The molecule has 0 aromatic heterocycles. The van der Waals surface area contributed by atoms with Crippen LogP contribution in [0.5, 0.6) is 5.75 Å². The number of rotatable bonds is 8. The van der Waals surface area contributed by atoms with E-state index in [9.17, 15) is 14.0 Å². The van der Waals surface area contributed by atoms with E-state index >= 15 is 0 Å². The minimum Gasteiger partial charge on any atom is -0.483 e. The third-order valence-corrected chi connectivity index (χ3v) is 6.15. The highest BCUT2D eigenvalue weighted by Crippen LogP contribution is 2.33. The summed E-state index contributed by atoms with van der Waals surface area (Å²) in [6.07, 6.45) is 0.425. The van der Waals surface area contributed by atoms with Crippen molar-refractivity contribution in [3.63, 3.8) is 0 Å². The van der Waals surface area contributed by atoms with E-state index in [0.29, 0.717) is 12.2 Å². The van der Waals surface area contributed by atoms with Gasteiger partial charge >= 0.3 is 0 Å². The zero-order chi connectivity index (χ0) is 24.9. The van der Waals surface area contributed by atoms with Crippen molar-refractivity contribution in [2.45, 2.75) is 52.2 Å². The van der Waals surface area contributed by atoms with Crippen LogP contribution in [0.15, 0.2) is 65.1 Å². The lowest BCUT2D eigenvalue weighted by atomic mass is 10.1. The smallest absolute Gasteiger partial charge is 0.261 e. The maximum absolute atomic E-state index is 13.4. The molecule has 0 heterocycles. The Bertz CT molecular complexity index is 1160. The summed E-state index contributed by atoms with van der Waals surface area (Å²) in [5.41, 5.74) is 0.283. The first-order chi connectivity index (χ1) is 16.1. The van der Waals surface area contributed by atoms with E-state index in [1.807, 2.05) is 64.1 Å². The maximum Gasteiger partial charge on any atom is 0.261 e. The van der Waals surface area contributed by atoms with Gasteiger partial charge in [0.15, 0.2) is 6.61 Å². The second-order valence-electron chi connectivity index (χ2n) is 9.20. The Hall–Kier alpha value is -2.93. The molecule has 0 aliphatic rings. The SMILES string of the molecule is CCC(C(=O)NC(C)(C)C)N(Cc1ccc(F)cc1)C(=O)COc1ccc2ccccc2c1Br. The van der Waals surface area contributed by atoms with Crippen LogP contribution in [0.3, 0.4) is 0 Å². The van der Waals surface area contributed by atoms with E-state index in [2.05, 4.69) is 21.2 Å². The van der Waals surface area contributed by atoms with Crippen LogP contribution in [0.25, 0.3) is 10.8 Å². The normalized spacial score (nSPS) is 12.3. The van der Waals surface area contributed by atoms with Crippen molar-refractivity contribution in [3.05, 3.63) is 76.5 Å². The molecule has 7 heteroatoms. The molecule has 1 atom stereocenters. The number of halogens is 2. The average molecular weight is 529 g/mol. The third-order valence-electron chi connectivity index (χ3n) is 5.33. The van der Waals surface area contributed by atoms with Gasteiger partial charge in [-0.1, -0.05) is 49.4 Å². The van der Waals surface area contributed by atoms with Gasteiger partial charge in [-0.2, -0.15) is 0 Å². The van der Waals surface area contributed by atoms with E-state index < -0.39 is 11.6 Å². The van der Waals surface area contributed by atoms with E-state index in [-0.39, 0.29) is 30.8 Å². The van der Waals surface area contributed by atoms with Gasteiger partial charge in [0.2, 0.25) is 5.91 Å². The molecule has 5 nitrogen and oxygen atoms in total. The second-order valence-corrected chi connectivity index (χ2v) is 9.99. The number of fused-ring (bicyclic) bond motifs is 1. The van der Waals surface area contributed by atoms with E-state index in [0.717, 1.165) is 20.8 Å². The number of carbonyl (C=O) groups excluding carboxylic acids is 2. The van der Waals surface area contributed by atoms with E-state index in [1.54, 1.807) is 12.1 Å². The zero-order valence-electron chi connectivity index (χ0n) is 19.9. The van der Waals surface area contributed by atoms with Crippen LogP contribution in [0.2, 0.25) is 0 Å². The van der Waals surface area contributed by atoms with Crippen molar-refractivity contribution in [1.82, 2.24) is 10.2 Å². The van der Waals surface area contributed by atoms with Crippen LogP contribution in [0, 0.1) is 5.82 Å². The number of hydrogen-bond acceptors (Lipinski definition) is 3. The summed E-state index contributed by atoms with van der Waals surface area (Å²) in [6.45, 7) is 7.46. The van der Waals surface area contributed by atoms with Gasteiger partial charge in [0, 0.05) is 12.1 Å². The highest BCUT2D eigenvalue weighted by Gasteiger charge is 2.31. The van der Waals surface area contributed by atoms with Gasteiger partial charge < -0.3 is 15.0 Å². The van der Waals surface area contributed by atoms with Crippen LogP contribution < -0.4 is 10.1 Å². The fourth-order valence-electron chi connectivity index (χ4n) is 3.71. The van der Waals surface area contributed by atoms with Crippen molar-refractivity contribution in [3.8, 4) is 5.75 Å². The minimum absolute atomic E-state index is 0.164. The molecule has 1 N–H and O–H groups in total. The number of nitrogens with one attached hydrogen (secondary N) is 1. The number of nitrogens with zero attached hydrogens (tertiary/aromatic N) is 1. The number of hydrogen-bond donors (Lipinski definition) is 1. The summed E-state index contributed by atoms with van der Waals surface area (Å²) in [7, 11) is 0. The Morgan fingerprint density at radius 3 is 2.38 bits per heavy atom. The molecule has 0 radical (unpaired) electrons. The molecule has 0 aliphatic carbocycles. The van der Waals surface area contributed by atoms with Gasteiger partial charge in [-0.25, -0.2) is 4.39 Å². The van der Waals surface area contributed by atoms with E-state index in [1.165, 1.54) is 17.0 Å². The van der Waals surface area contributed by atoms with Gasteiger partial charge in [0.05, 0.1) is 4.47 Å². The standard InChI is InChI=1S/C27H30BrFN2O3/c1-5-22(26(33)30-27(2,3)4)31(16-18-10-13-20(29)14-11-18)24(32)17-34-23-15-12-19-8-6-7-9-21(19)25(23)28/h6-15,22H,5,16-17H2,1-4H3,(H,30,33). The Morgan fingerprint density at radius 1 is 1.06 bits per heavy atom. The van der Waals surface area contributed by atoms with E-state index in [4.69, 9.17) is 4.74 Å². The fraction of sp³-hybridized carbons (Fsp3) is 0.333. The molecule has 0 spiro atoms. The van der Waals surface area contributed by atoms with Gasteiger partial charge in [-0.3, -0.25) is 9.59 Å². The Morgan fingerprint density at radius 2 is 1.74 bits per heavy atom. The van der Waals surface area contributed by atoms with Crippen molar-refractivity contribution < 1.29 is 18.7 Å². The van der Waals surface area contributed by atoms with Gasteiger partial charge in [0.1, 0.15) is 17.6 Å². The average Bonchev–Trinajstić information content (AvgIpc) is 2.78. The first-order valence-corrected chi connectivity index (χ1v) is 12.0. The minimum atomic E-state index is -0.694. The Kier molecular flexibility index (Phi) is 8.31. The van der Waals surface area contributed by atoms with Crippen molar-refractivity contribution in [2.75, 3.05) is 6.61 Å². The summed E-state index contributed by atoms with van der Waals surface area (Å²) in [6, 6.07) is 16.8. The Labute approximate surface area is 208 Å². The van der Waals surface area contributed by atoms with Gasteiger partial charge in [0.25, 0.3) is 5.91 Å². The highest BCUT2D eigenvalue weighted by atomic mass is 79.9. The summed E-state index contributed by atoms with van der Waals surface area (Å²) in [5, 5.41) is 4.99. The predicted octanol–water partition coefficient (Wildman–Crippen LogP) is 5.84.